The summed E-state index contributed by atoms with van der Waals surface area (Å²) in [4.78, 5) is 0. The molecule has 1 atom stereocenters. The normalized spacial score (nSPS) is 24.1. The molecule has 1 heteroatoms. The van der Waals surface area contributed by atoms with Gasteiger partial charge in [0.1, 0.15) is 0 Å². The molecule has 1 nitrogen and oxygen atoms in total. The van der Waals surface area contributed by atoms with Gasteiger partial charge >= 0.3 is 0 Å². The van der Waals surface area contributed by atoms with Crippen LogP contribution in [0.15, 0.2) is 29.8 Å². The average Bonchev–Trinajstić information content (AvgIpc) is 2.46. The maximum atomic E-state index is 10.6. The van der Waals surface area contributed by atoms with Crippen LogP contribution >= 0.6 is 0 Å². The molecule has 1 N–H and O–H groups in total. The van der Waals surface area contributed by atoms with E-state index in [0.717, 1.165) is 6.42 Å². The first-order valence-corrected chi connectivity index (χ1v) is 8.07. The van der Waals surface area contributed by atoms with E-state index in [4.69, 9.17) is 0 Å². The van der Waals surface area contributed by atoms with E-state index in [9.17, 15) is 5.11 Å². The van der Waals surface area contributed by atoms with E-state index in [1.54, 1.807) is 0 Å². The Bertz CT molecular complexity index is 501. The SMILES string of the molecule is CC(C)(O)C1Cc2ccccc2C=C1C1CCCCC1. The molecule has 2 aliphatic carbocycles. The Morgan fingerprint density at radius 2 is 1.75 bits per heavy atom. The number of benzene rings is 1. The second kappa shape index (κ2) is 5.37. The van der Waals surface area contributed by atoms with E-state index in [1.165, 1.54) is 48.8 Å². The lowest BCUT2D eigenvalue weighted by molar-refractivity contribution is 0.0271. The van der Waals surface area contributed by atoms with Crippen molar-refractivity contribution >= 4 is 6.08 Å². The Morgan fingerprint density at radius 3 is 2.45 bits per heavy atom. The highest BCUT2D eigenvalue weighted by Crippen LogP contribution is 2.43. The summed E-state index contributed by atoms with van der Waals surface area (Å²) in [7, 11) is 0. The summed E-state index contributed by atoms with van der Waals surface area (Å²) in [5.74, 6) is 0.967. The van der Waals surface area contributed by atoms with E-state index in [-0.39, 0.29) is 5.92 Å². The average molecular weight is 270 g/mol. The molecule has 0 aliphatic heterocycles. The van der Waals surface area contributed by atoms with Crippen molar-refractivity contribution in [3.05, 3.63) is 41.0 Å². The Kier molecular flexibility index (Phi) is 3.72. The van der Waals surface area contributed by atoms with Crippen LogP contribution in [0.3, 0.4) is 0 Å². The number of rotatable bonds is 2. The number of hydrogen-bond acceptors (Lipinski definition) is 1. The lowest BCUT2D eigenvalue weighted by Gasteiger charge is -2.39. The molecule has 1 aromatic carbocycles. The summed E-state index contributed by atoms with van der Waals surface area (Å²) >= 11 is 0. The van der Waals surface area contributed by atoms with Crippen LogP contribution in [0.4, 0.5) is 0 Å². The molecule has 0 bridgehead atoms. The van der Waals surface area contributed by atoms with Gasteiger partial charge in [0.25, 0.3) is 0 Å². The van der Waals surface area contributed by atoms with Crippen LogP contribution in [0.2, 0.25) is 0 Å². The minimum atomic E-state index is -0.628. The molecular formula is C19H26O. The molecular weight excluding hydrogens is 244 g/mol. The van der Waals surface area contributed by atoms with Crippen LogP contribution in [-0.4, -0.2) is 10.7 Å². The molecule has 0 aromatic heterocycles. The molecule has 1 fully saturated rings. The van der Waals surface area contributed by atoms with Crippen molar-refractivity contribution in [3.63, 3.8) is 0 Å². The van der Waals surface area contributed by atoms with Crippen molar-refractivity contribution in [2.75, 3.05) is 0 Å². The van der Waals surface area contributed by atoms with Crippen LogP contribution in [0.5, 0.6) is 0 Å². The summed E-state index contributed by atoms with van der Waals surface area (Å²) in [6.45, 7) is 3.95. The summed E-state index contributed by atoms with van der Waals surface area (Å²) in [6.07, 6.45) is 10.1. The third-order valence-corrected chi connectivity index (χ3v) is 5.13. The minimum absolute atomic E-state index is 0.278. The van der Waals surface area contributed by atoms with Gasteiger partial charge in [-0.3, -0.25) is 0 Å². The standard InChI is InChI=1S/C19H26O/c1-19(2,20)18-13-16-11-7-6-10-15(16)12-17(18)14-8-4-3-5-9-14/h6-7,10-12,14,18,20H,3-5,8-9,13H2,1-2H3. The Morgan fingerprint density at radius 1 is 1.05 bits per heavy atom. The van der Waals surface area contributed by atoms with Crippen molar-refractivity contribution in [2.24, 2.45) is 11.8 Å². The molecule has 108 valence electrons. The number of aliphatic hydroxyl groups is 1. The summed E-state index contributed by atoms with van der Waals surface area (Å²) in [5, 5.41) is 10.6. The van der Waals surface area contributed by atoms with Crippen molar-refractivity contribution < 1.29 is 5.11 Å². The van der Waals surface area contributed by atoms with Crippen LogP contribution in [-0.2, 0) is 6.42 Å². The number of fused-ring (bicyclic) bond motifs is 1. The van der Waals surface area contributed by atoms with E-state index in [1.807, 2.05) is 13.8 Å². The molecule has 3 rings (SSSR count). The lowest BCUT2D eigenvalue weighted by atomic mass is 9.68. The smallest absolute Gasteiger partial charge is 0.0660 e. The highest BCUT2D eigenvalue weighted by atomic mass is 16.3. The van der Waals surface area contributed by atoms with Crippen molar-refractivity contribution in [1.82, 2.24) is 0 Å². The zero-order valence-electron chi connectivity index (χ0n) is 12.7. The quantitative estimate of drug-likeness (QED) is 0.833. The van der Waals surface area contributed by atoms with Crippen LogP contribution in [0, 0.1) is 11.8 Å². The second-order valence-electron chi connectivity index (χ2n) is 7.09. The van der Waals surface area contributed by atoms with E-state index in [2.05, 4.69) is 30.3 Å². The van der Waals surface area contributed by atoms with Gasteiger partial charge in [0.05, 0.1) is 5.60 Å². The highest BCUT2D eigenvalue weighted by Gasteiger charge is 2.36. The maximum absolute atomic E-state index is 10.6. The summed E-state index contributed by atoms with van der Waals surface area (Å²) in [6, 6.07) is 8.67. The van der Waals surface area contributed by atoms with Gasteiger partial charge in [-0.1, -0.05) is 55.2 Å². The Balaban J connectivity index is 1.99. The fourth-order valence-electron chi connectivity index (χ4n) is 3.97. The van der Waals surface area contributed by atoms with Crippen molar-refractivity contribution in [3.8, 4) is 0 Å². The van der Waals surface area contributed by atoms with Crippen molar-refractivity contribution in [2.45, 2.75) is 58.0 Å². The van der Waals surface area contributed by atoms with Gasteiger partial charge in [-0.2, -0.15) is 0 Å². The molecule has 0 saturated heterocycles. The first-order valence-electron chi connectivity index (χ1n) is 8.07. The van der Waals surface area contributed by atoms with E-state index < -0.39 is 5.60 Å². The first-order chi connectivity index (χ1) is 9.55. The topological polar surface area (TPSA) is 20.2 Å². The van der Waals surface area contributed by atoms with E-state index >= 15 is 0 Å². The fraction of sp³-hybridized carbons (Fsp3) is 0.579. The predicted octanol–water partition coefficient (Wildman–Crippen LogP) is 4.59. The third kappa shape index (κ3) is 2.69. The predicted molar refractivity (Wildman–Crippen MR) is 84.5 cm³/mol. The van der Waals surface area contributed by atoms with Gasteiger partial charge in [-0.25, -0.2) is 0 Å². The third-order valence-electron chi connectivity index (χ3n) is 5.13. The van der Waals surface area contributed by atoms with Gasteiger partial charge in [0, 0.05) is 5.92 Å². The highest BCUT2D eigenvalue weighted by molar-refractivity contribution is 5.61. The Labute approximate surface area is 122 Å². The zero-order valence-corrected chi connectivity index (χ0v) is 12.7. The van der Waals surface area contributed by atoms with Crippen molar-refractivity contribution in [1.29, 1.82) is 0 Å². The van der Waals surface area contributed by atoms with E-state index in [0.29, 0.717) is 5.92 Å². The van der Waals surface area contributed by atoms with Gasteiger partial charge in [-0.05, 0) is 50.2 Å². The van der Waals surface area contributed by atoms with Gasteiger partial charge < -0.3 is 5.11 Å². The molecule has 1 unspecified atom stereocenters. The molecule has 0 amide bonds. The molecule has 20 heavy (non-hydrogen) atoms. The second-order valence-corrected chi connectivity index (χ2v) is 7.09. The van der Waals surface area contributed by atoms with Crippen LogP contribution in [0.1, 0.15) is 57.1 Å². The molecule has 1 aromatic rings. The maximum Gasteiger partial charge on any atom is 0.0660 e. The van der Waals surface area contributed by atoms with Crippen LogP contribution in [0.25, 0.3) is 6.08 Å². The van der Waals surface area contributed by atoms with Gasteiger partial charge in [0.2, 0.25) is 0 Å². The Hall–Kier alpha value is -1.08. The molecule has 1 saturated carbocycles. The summed E-state index contributed by atoms with van der Waals surface area (Å²) < 4.78 is 0. The zero-order chi connectivity index (χ0) is 14.2. The molecule has 0 heterocycles. The molecule has 0 spiro atoms. The fourth-order valence-corrected chi connectivity index (χ4v) is 3.97. The molecule has 2 aliphatic rings. The lowest BCUT2D eigenvalue weighted by Crippen LogP contribution is -2.37. The largest absolute Gasteiger partial charge is 0.390 e. The number of hydrogen-bond donors (Lipinski definition) is 1. The monoisotopic (exact) mass is 270 g/mol. The van der Waals surface area contributed by atoms with Gasteiger partial charge in [-0.15, -0.1) is 0 Å². The first kappa shape index (κ1) is 13.9. The van der Waals surface area contributed by atoms with Gasteiger partial charge in [0.15, 0.2) is 0 Å². The summed E-state index contributed by atoms with van der Waals surface area (Å²) in [5.41, 5.74) is 3.64. The minimum Gasteiger partial charge on any atom is -0.390 e. The molecule has 0 radical (unpaired) electrons. The van der Waals surface area contributed by atoms with Crippen LogP contribution < -0.4 is 0 Å².